The van der Waals surface area contributed by atoms with Crippen LogP contribution in [-0.4, -0.2) is 39.6 Å². The average molecular weight is 623 g/mol. The summed E-state index contributed by atoms with van der Waals surface area (Å²) in [5.74, 6) is -0.999. The van der Waals surface area contributed by atoms with Crippen LogP contribution in [0.4, 0.5) is 5.69 Å². The molecular weight excluding hydrogens is 580 g/mol. The molecule has 240 valence electrons. The molecule has 3 N–H and O–H groups in total. The number of carboxylic acids is 1. The molecule has 5 rings (SSSR count). The zero-order valence-corrected chi connectivity index (χ0v) is 26.0. The fourth-order valence-electron chi connectivity index (χ4n) is 5.70. The molecule has 0 unspecified atom stereocenters. The van der Waals surface area contributed by atoms with E-state index in [0.29, 0.717) is 31.5 Å². The maximum absolute atomic E-state index is 12.4. The Hall–Kier alpha value is -4.34. The third-order valence-corrected chi connectivity index (χ3v) is 8.09. The molecule has 3 atom stereocenters. The minimum Gasteiger partial charge on any atom is -0.481 e. The first-order valence-electron chi connectivity index (χ1n) is 15.9. The number of carbonyl (C=O) groups is 2. The molecule has 1 amide bonds. The number of carboxylic acid groups (broad SMARTS) is 1. The van der Waals surface area contributed by atoms with Crippen molar-refractivity contribution in [2.45, 2.75) is 70.3 Å². The average Bonchev–Trinajstić information content (AvgIpc) is 3.08. The summed E-state index contributed by atoms with van der Waals surface area (Å²) in [6.07, 6.45) is 1.04. The van der Waals surface area contributed by atoms with Gasteiger partial charge in [0.2, 0.25) is 5.91 Å². The van der Waals surface area contributed by atoms with Crippen LogP contribution in [0, 0.1) is 0 Å². The smallest absolute Gasteiger partial charge is 0.303 e. The third kappa shape index (κ3) is 10.1. The Bertz CT molecular complexity index is 1470. The Labute approximate surface area is 270 Å². The number of nitrogens with one attached hydrogen (secondary N) is 1. The van der Waals surface area contributed by atoms with Crippen molar-refractivity contribution in [3.63, 3.8) is 0 Å². The lowest BCUT2D eigenvalue weighted by Gasteiger charge is -2.38. The van der Waals surface area contributed by atoms with Gasteiger partial charge < -0.3 is 25.0 Å². The number of unbranched alkanes of at least 4 members (excludes halogenated alkanes) is 1. The molecule has 1 aliphatic heterocycles. The van der Waals surface area contributed by atoms with E-state index in [9.17, 15) is 14.7 Å². The first-order valence-corrected chi connectivity index (χ1v) is 15.9. The maximum atomic E-state index is 12.4. The fraction of sp³-hybridized carbons (Fsp3) is 0.316. The summed E-state index contributed by atoms with van der Waals surface area (Å²) in [5.41, 5.74) is 5.85. The van der Waals surface area contributed by atoms with Gasteiger partial charge in [-0.3, -0.25) is 14.5 Å². The Morgan fingerprint density at radius 1 is 0.717 bits per heavy atom. The number of carbonyl (C=O) groups excluding carboxylic acids is 1. The summed E-state index contributed by atoms with van der Waals surface area (Å²) in [4.78, 5) is 25.5. The number of nitrogens with zero attached hydrogens (tertiary/aromatic N) is 1. The van der Waals surface area contributed by atoms with Gasteiger partial charge in [0.1, 0.15) is 0 Å². The minimum atomic E-state index is -0.852. The molecule has 8 heteroatoms. The highest BCUT2D eigenvalue weighted by Gasteiger charge is 2.33. The van der Waals surface area contributed by atoms with Gasteiger partial charge in [-0.25, -0.2) is 0 Å². The number of benzene rings is 4. The van der Waals surface area contributed by atoms with Gasteiger partial charge in [0.15, 0.2) is 6.29 Å². The standard InChI is InChI=1S/C38H42N2O6/c41-27-30-15-17-31(18-16-30)35-23-34(26-40(24-28-9-3-1-4-10-28)25-29-11-5-2-6-12-29)45-38(46-35)32-19-21-33(22-20-32)39-36(42)13-7-8-14-37(43)44/h1-6,9-12,15-22,34-35,38,41H,7-8,13-14,23-27H2,(H,39,42)(H,43,44)/t34-,35+,38+/m1/s1. The summed E-state index contributed by atoms with van der Waals surface area (Å²) in [5, 5.41) is 21.2. The van der Waals surface area contributed by atoms with E-state index in [1.165, 1.54) is 11.1 Å². The van der Waals surface area contributed by atoms with Crippen LogP contribution < -0.4 is 5.32 Å². The van der Waals surface area contributed by atoms with Crippen molar-refractivity contribution in [1.82, 2.24) is 4.90 Å². The number of rotatable bonds is 15. The zero-order chi connectivity index (χ0) is 32.1. The zero-order valence-electron chi connectivity index (χ0n) is 26.0. The Morgan fingerprint density at radius 2 is 1.30 bits per heavy atom. The van der Waals surface area contributed by atoms with Gasteiger partial charge in [-0.1, -0.05) is 97.1 Å². The SMILES string of the molecule is O=C(O)CCCCC(=O)Nc1ccc([C@H]2O[C@@H](CN(Cc3ccccc3)Cc3ccccc3)C[C@@H](c3ccc(CO)cc3)O2)cc1. The Kier molecular flexibility index (Phi) is 12.1. The van der Waals surface area contributed by atoms with E-state index in [2.05, 4.69) is 58.7 Å². The molecule has 0 aliphatic carbocycles. The van der Waals surface area contributed by atoms with Crippen molar-refractivity contribution in [3.8, 4) is 0 Å². The van der Waals surface area contributed by atoms with Crippen LogP contribution in [0.15, 0.2) is 109 Å². The monoisotopic (exact) mass is 622 g/mol. The van der Waals surface area contributed by atoms with Gasteiger partial charge in [-0.15, -0.1) is 0 Å². The second-order valence-corrected chi connectivity index (χ2v) is 11.8. The topological polar surface area (TPSA) is 108 Å². The number of aliphatic hydroxyl groups excluding tert-OH is 1. The van der Waals surface area contributed by atoms with Crippen molar-refractivity contribution < 1.29 is 29.3 Å². The summed E-state index contributed by atoms with van der Waals surface area (Å²) in [7, 11) is 0. The predicted octanol–water partition coefficient (Wildman–Crippen LogP) is 7.01. The normalized spacial score (nSPS) is 17.9. The van der Waals surface area contributed by atoms with E-state index < -0.39 is 12.3 Å². The van der Waals surface area contributed by atoms with Crippen LogP contribution in [0.1, 0.15) is 72.3 Å². The number of amides is 1. The second-order valence-electron chi connectivity index (χ2n) is 11.8. The molecule has 0 saturated carbocycles. The van der Waals surface area contributed by atoms with Crippen LogP contribution in [0.25, 0.3) is 0 Å². The fourth-order valence-corrected chi connectivity index (χ4v) is 5.70. The van der Waals surface area contributed by atoms with E-state index in [1.54, 1.807) is 0 Å². The highest BCUT2D eigenvalue weighted by molar-refractivity contribution is 5.90. The molecule has 0 bridgehead atoms. The molecular formula is C38H42N2O6. The van der Waals surface area contributed by atoms with E-state index >= 15 is 0 Å². The van der Waals surface area contributed by atoms with Gasteiger partial charge in [0, 0.05) is 50.1 Å². The molecule has 4 aromatic rings. The molecule has 0 spiro atoms. The summed E-state index contributed by atoms with van der Waals surface area (Å²) >= 11 is 0. The third-order valence-electron chi connectivity index (χ3n) is 8.09. The van der Waals surface area contributed by atoms with Gasteiger partial charge in [-0.2, -0.15) is 0 Å². The van der Waals surface area contributed by atoms with E-state index in [1.807, 2.05) is 60.7 Å². The second kappa shape index (κ2) is 16.8. The maximum Gasteiger partial charge on any atom is 0.303 e. The number of hydrogen-bond acceptors (Lipinski definition) is 6. The van der Waals surface area contributed by atoms with E-state index in [4.69, 9.17) is 14.6 Å². The number of aliphatic hydroxyl groups is 1. The molecule has 1 saturated heterocycles. The first kappa shape index (κ1) is 33.0. The molecule has 8 nitrogen and oxygen atoms in total. The summed E-state index contributed by atoms with van der Waals surface area (Å²) in [6, 6.07) is 36.3. The van der Waals surface area contributed by atoms with Crippen molar-refractivity contribution in [2.75, 3.05) is 11.9 Å². The van der Waals surface area contributed by atoms with Gasteiger partial charge in [0.25, 0.3) is 0 Å². The molecule has 4 aromatic carbocycles. The molecule has 1 heterocycles. The van der Waals surface area contributed by atoms with Gasteiger partial charge >= 0.3 is 5.97 Å². The first-order chi connectivity index (χ1) is 22.4. The summed E-state index contributed by atoms with van der Waals surface area (Å²) in [6.45, 7) is 2.24. The number of ether oxygens (including phenoxy) is 2. The molecule has 46 heavy (non-hydrogen) atoms. The van der Waals surface area contributed by atoms with Gasteiger partial charge in [-0.05, 0) is 47.2 Å². The molecule has 0 radical (unpaired) electrons. The van der Waals surface area contributed by atoms with E-state index in [0.717, 1.165) is 29.8 Å². The Balaban J connectivity index is 1.31. The van der Waals surface area contributed by atoms with Crippen LogP contribution in [-0.2, 0) is 38.8 Å². The van der Waals surface area contributed by atoms with Crippen molar-refractivity contribution in [2.24, 2.45) is 0 Å². The van der Waals surface area contributed by atoms with Crippen LogP contribution in [0.3, 0.4) is 0 Å². The van der Waals surface area contributed by atoms with Gasteiger partial charge in [0.05, 0.1) is 18.8 Å². The number of hydrogen-bond donors (Lipinski definition) is 3. The molecule has 1 aliphatic rings. The van der Waals surface area contributed by atoms with Crippen molar-refractivity contribution >= 4 is 17.6 Å². The lowest BCUT2D eigenvalue weighted by Crippen LogP contribution is -2.39. The predicted molar refractivity (Wildman–Crippen MR) is 177 cm³/mol. The largest absolute Gasteiger partial charge is 0.481 e. The molecule has 0 aromatic heterocycles. The quantitative estimate of drug-likeness (QED) is 0.122. The van der Waals surface area contributed by atoms with E-state index in [-0.39, 0.29) is 37.6 Å². The van der Waals surface area contributed by atoms with Crippen LogP contribution in [0.5, 0.6) is 0 Å². The summed E-state index contributed by atoms with van der Waals surface area (Å²) < 4.78 is 13.2. The number of aliphatic carboxylic acids is 1. The highest BCUT2D eigenvalue weighted by atomic mass is 16.7. The number of anilines is 1. The lowest BCUT2D eigenvalue weighted by atomic mass is 9.99. The Morgan fingerprint density at radius 3 is 1.89 bits per heavy atom. The van der Waals surface area contributed by atoms with Crippen molar-refractivity contribution in [3.05, 3.63) is 137 Å². The lowest BCUT2D eigenvalue weighted by molar-refractivity contribution is -0.253. The minimum absolute atomic E-state index is 0.0146. The highest BCUT2D eigenvalue weighted by Crippen LogP contribution is 2.38. The van der Waals surface area contributed by atoms with Crippen molar-refractivity contribution in [1.29, 1.82) is 0 Å². The molecule has 1 fully saturated rings. The van der Waals surface area contributed by atoms with Crippen LogP contribution >= 0.6 is 0 Å². The van der Waals surface area contributed by atoms with Crippen LogP contribution in [0.2, 0.25) is 0 Å².